The number of benzene rings is 2. The normalized spacial score (nSPS) is 15.5. The van der Waals surface area contributed by atoms with Gasteiger partial charge in [-0.3, -0.25) is 4.79 Å². The van der Waals surface area contributed by atoms with Gasteiger partial charge in [-0.15, -0.1) is 11.3 Å². The van der Waals surface area contributed by atoms with Crippen LogP contribution in [0.5, 0.6) is 5.75 Å². The lowest BCUT2D eigenvalue weighted by Gasteiger charge is -2.32. The van der Waals surface area contributed by atoms with Crippen molar-refractivity contribution >= 4 is 32.5 Å². The third-order valence-electron chi connectivity index (χ3n) is 6.32. The summed E-state index contributed by atoms with van der Waals surface area (Å²) in [5.74, 6) is 0.740. The van der Waals surface area contributed by atoms with E-state index < -0.39 is 0 Å². The van der Waals surface area contributed by atoms with Crippen molar-refractivity contribution in [1.29, 1.82) is 0 Å². The Labute approximate surface area is 191 Å². The molecule has 1 aliphatic rings. The van der Waals surface area contributed by atoms with Crippen LogP contribution in [0.3, 0.4) is 0 Å². The number of fused-ring (bicyclic) bond motifs is 2. The molecule has 0 aliphatic carbocycles. The summed E-state index contributed by atoms with van der Waals surface area (Å²) in [4.78, 5) is 20.6. The summed E-state index contributed by atoms with van der Waals surface area (Å²) in [6, 6.07) is 17.1. The lowest BCUT2D eigenvalue weighted by atomic mass is 10.1. The number of aromatic nitrogens is 2. The maximum absolute atomic E-state index is 12.5. The van der Waals surface area contributed by atoms with Crippen molar-refractivity contribution in [2.45, 2.75) is 32.0 Å². The van der Waals surface area contributed by atoms with Gasteiger partial charge in [0.1, 0.15) is 5.75 Å². The Hall–Kier alpha value is -2.74. The fourth-order valence-corrected chi connectivity index (χ4v) is 5.49. The molecule has 6 nitrogen and oxygen atoms in total. The predicted octanol–water partition coefficient (Wildman–Crippen LogP) is 3.87. The Morgan fingerprint density at radius 3 is 2.78 bits per heavy atom. The highest BCUT2D eigenvalue weighted by molar-refractivity contribution is 7.19. The molecule has 1 fully saturated rings. The second-order valence-corrected chi connectivity index (χ2v) is 9.52. The van der Waals surface area contributed by atoms with E-state index in [1.807, 2.05) is 34.1 Å². The second-order valence-electron chi connectivity index (χ2n) is 8.35. The highest BCUT2D eigenvalue weighted by Gasteiger charge is 2.19. The van der Waals surface area contributed by atoms with Gasteiger partial charge >= 0.3 is 0 Å². The van der Waals surface area contributed by atoms with Gasteiger partial charge in [0.2, 0.25) is 0 Å². The van der Waals surface area contributed by atoms with Crippen molar-refractivity contribution < 1.29 is 4.74 Å². The van der Waals surface area contributed by atoms with Crippen LogP contribution in [0, 0.1) is 0 Å². The SMILES string of the molecule is COc1ccc2ncc(=O)n(CCN3CCC(NCc4cc5ccccc5s4)CC3)c2c1. The number of piperidine rings is 1. The number of hydrogen-bond acceptors (Lipinski definition) is 6. The molecule has 0 saturated carbocycles. The molecule has 0 bridgehead atoms. The number of ether oxygens (including phenoxy) is 1. The van der Waals surface area contributed by atoms with Gasteiger partial charge in [0.25, 0.3) is 5.56 Å². The van der Waals surface area contributed by atoms with Crippen LogP contribution in [0.4, 0.5) is 0 Å². The molecule has 0 spiro atoms. The molecule has 32 heavy (non-hydrogen) atoms. The van der Waals surface area contributed by atoms with Gasteiger partial charge in [0, 0.05) is 41.3 Å². The van der Waals surface area contributed by atoms with Crippen LogP contribution < -0.4 is 15.6 Å². The average molecular weight is 449 g/mol. The Kier molecular flexibility index (Phi) is 6.21. The number of nitrogens with zero attached hydrogens (tertiary/aromatic N) is 3. The maximum Gasteiger partial charge on any atom is 0.269 e. The molecule has 0 amide bonds. The van der Waals surface area contributed by atoms with Crippen molar-refractivity contribution in [3.8, 4) is 5.75 Å². The van der Waals surface area contributed by atoms with Gasteiger partial charge in [0.15, 0.2) is 0 Å². The zero-order chi connectivity index (χ0) is 21.9. The van der Waals surface area contributed by atoms with E-state index >= 15 is 0 Å². The van der Waals surface area contributed by atoms with Crippen LogP contribution in [-0.4, -0.2) is 47.2 Å². The Morgan fingerprint density at radius 2 is 1.97 bits per heavy atom. The van der Waals surface area contributed by atoms with Crippen molar-refractivity contribution in [2.75, 3.05) is 26.7 Å². The quantitative estimate of drug-likeness (QED) is 0.465. The molecular weight excluding hydrogens is 420 g/mol. The highest BCUT2D eigenvalue weighted by atomic mass is 32.1. The third-order valence-corrected chi connectivity index (χ3v) is 7.44. The monoisotopic (exact) mass is 448 g/mol. The molecule has 1 saturated heterocycles. The zero-order valence-electron chi connectivity index (χ0n) is 18.3. The van der Waals surface area contributed by atoms with E-state index in [0.717, 1.165) is 55.8 Å². The van der Waals surface area contributed by atoms with Gasteiger partial charge in [0.05, 0.1) is 24.3 Å². The van der Waals surface area contributed by atoms with Crippen molar-refractivity contribution in [1.82, 2.24) is 19.8 Å². The van der Waals surface area contributed by atoms with Crippen molar-refractivity contribution in [3.63, 3.8) is 0 Å². The first-order valence-electron chi connectivity index (χ1n) is 11.2. The van der Waals surface area contributed by atoms with Gasteiger partial charge < -0.3 is 19.5 Å². The van der Waals surface area contributed by atoms with E-state index in [9.17, 15) is 4.79 Å². The molecule has 166 valence electrons. The Bertz CT molecular complexity index is 1240. The zero-order valence-corrected chi connectivity index (χ0v) is 19.1. The van der Waals surface area contributed by atoms with E-state index in [-0.39, 0.29) is 5.56 Å². The minimum absolute atomic E-state index is 0.0642. The van der Waals surface area contributed by atoms with Crippen LogP contribution in [0.2, 0.25) is 0 Å². The number of likely N-dealkylation sites (tertiary alicyclic amines) is 1. The molecule has 0 unspecified atom stereocenters. The topological polar surface area (TPSA) is 59.4 Å². The van der Waals surface area contributed by atoms with E-state index in [4.69, 9.17) is 4.74 Å². The maximum atomic E-state index is 12.5. The summed E-state index contributed by atoms with van der Waals surface area (Å²) in [6.45, 7) is 4.55. The number of thiophene rings is 1. The Balaban J connectivity index is 1.15. The number of hydrogen-bond donors (Lipinski definition) is 1. The summed E-state index contributed by atoms with van der Waals surface area (Å²) < 4.78 is 8.51. The van der Waals surface area contributed by atoms with Crippen LogP contribution in [-0.2, 0) is 13.1 Å². The highest BCUT2D eigenvalue weighted by Crippen LogP contribution is 2.25. The minimum Gasteiger partial charge on any atom is -0.497 e. The summed E-state index contributed by atoms with van der Waals surface area (Å²) in [5, 5.41) is 5.08. The fourth-order valence-electron chi connectivity index (χ4n) is 4.47. The lowest BCUT2D eigenvalue weighted by Crippen LogP contribution is -2.43. The van der Waals surface area contributed by atoms with E-state index in [1.165, 1.54) is 21.2 Å². The molecular formula is C25H28N4O2S. The molecule has 2 aromatic carbocycles. The largest absolute Gasteiger partial charge is 0.497 e. The molecule has 4 aromatic rings. The van der Waals surface area contributed by atoms with Crippen LogP contribution in [0.25, 0.3) is 21.1 Å². The fraction of sp³-hybridized carbons (Fsp3) is 0.360. The number of rotatable bonds is 7. The molecule has 7 heteroatoms. The third kappa shape index (κ3) is 4.55. The first-order chi connectivity index (χ1) is 15.7. The van der Waals surface area contributed by atoms with E-state index in [0.29, 0.717) is 12.6 Å². The van der Waals surface area contributed by atoms with Crippen LogP contribution in [0.15, 0.2) is 59.5 Å². The smallest absolute Gasteiger partial charge is 0.269 e. The first-order valence-corrected chi connectivity index (χ1v) is 12.0. The van der Waals surface area contributed by atoms with Crippen LogP contribution >= 0.6 is 11.3 Å². The standard InChI is InChI=1S/C25H28N4O2S/c1-31-20-6-7-22-23(15-20)29(25(30)17-27-22)13-12-28-10-8-19(9-11-28)26-16-21-14-18-4-2-3-5-24(18)32-21/h2-7,14-15,17,19,26H,8-13,16H2,1H3. The number of nitrogens with one attached hydrogen (secondary N) is 1. The van der Waals surface area contributed by atoms with Gasteiger partial charge in [-0.1, -0.05) is 18.2 Å². The molecule has 5 rings (SSSR count). The van der Waals surface area contributed by atoms with Gasteiger partial charge in [-0.05, 0) is 55.6 Å². The molecule has 0 atom stereocenters. The predicted molar refractivity (Wildman–Crippen MR) is 131 cm³/mol. The molecule has 0 radical (unpaired) electrons. The minimum atomic E-state index is -0.0642. The molecule has 1 N–H and O–H groups in total. The lowest BCUT2D eigenvalue weighted by molar-refractivity contribution is 0.191. The summed E-state index contributed by atoms with van der Waals surface area (Å²) in [5.41, 5.74) is 1.58. The molecule has 2 aromatic heterocycles. The first kappa shape index (κ1) is 21.1. The van der Waals surface area contributed by atoms with Crippen molar-refractivity contribution in [2.24, 2.45) is 0 Å². The van der Waals surface area contributed by atoms with E-state index in [1.54, 1.807) is 7.11 Å². The van der Waals surface area contributed by atoms with Gasteiger partial charge in [-0.25, -0.2) is 4.98 Å². The van der Waals surface area contributed by atoms with Gasteiger partial charge in [-0.2, -0.15) is 0 Å². The summed E-state index contributed by atoms with van der Waals surface area (Å²) >= 11 is 1.88. The summed E-state index contributed by atoms with van der Waals surface area (Å²) in [7, 11) is 1.64. The van der Waals surface area contributed by atoms with E-state index in [2.05, 4.69) is 45.5 Å². The van der Waals surface area contributed by atoms with Crippen LogP contribution in [0.1, 0.15) is 17.7 Å². The van der Waals surface area contributed by atoms with Crippen molar-refractivity contribution in [3.05, 3.63) is 70.0 Å². The molecule has 3 heterocycles. The Morgan fingerprint density at radius 1 is 1.12 bits per heavy atom. The molecule has 1 aliphatic heterocycles. The summed E-state index contributed by atoms with van der Waals surface area (Å²) in [6.07, 6.45) is 3.67. The second kappa shape index (κ2) is 9.40. The number of methoxy groups -OCH3 is 1. The average Bonchev–Trinajstić information content (AvgIpc) is 3.25.